The highest BCUT2D eigenvalue weighted by Gasteiger charge is 2.37. The highest BCUT2D eigenvalue weighted by atomic mass is 127. The van der Waals surface area contributed by atoms with E-state index in [0.717, 1.165) is 0 Å². The van der Waals surface area contributed by atoms with Crippen molar-refractivity contribution in [3.63, 3.8) is 0 Å². The first-order chi connectivity index (χ1) is 9.37. The average molecular weight is 422 g/mol. The van der Waals surface area contributed by atoms with Crippen molar-refractivity contribution in [1.82, 2.24) is 0 Å². The second-order valence-electron chi connectivity index (χ2n) is 3.99. The molecule has 0 atom stereocenters. The van der Waals surface area contributed by atoms with Crippen LogP contribution in [0.5, 0.6) is 0 Å². The Morgan fingerprint density at radius 1 is 0.650 bits per heavy atom. The summed E-state index contributed by atoms with van der Waals surface area (Å²) in [6, 6.07) is 15.2. The third-order valence-corrected chi connectivity index (χ3v) is 11.0. The molecule has 2 rings (SSSR count). The zero-order valence-electron chi connectivity index (χ0n) is 10.2. The molecule has 0 spiro atoms. The predicted molar refractivity (Wildman–Crippen MR) is 85.1 cm³/mol. The first kappa shape index (κ1) is 15.5. The van der Waals surface area contributed by atoms with Crippen molar-refractivity contribution in [2.45, 2.75) is 12.4 Å². The lowest BCUT2D eigenvalue weighted by Crippen LogP contribution is -2.25. The summed E-state index contributed by atoms with van der Waals surface area (Å²) in [7, 11) is -7.89. The summed E-state index contributed by atoms with van der Waals surface area (Å²) >= 11 is 1.46. The van der Waals surface area contributed by atoms with Gasteiger partial charge in [-0.15, -0.1) is 0 Å². The number of benzene rings is 2. The molecular weight excluding hydrogens is 411 g/mol. The Hall–Kier alpha value is -0.930. The molecule has 2 aromatic rings. The molecule has 106 valence electrons. The Bertz CT molecular complexity index is 715. The summed E-state index contributed by atoms with van der Waals surface area (Å²) < 4.78 is 47.9. The molecule has 0 heterocycles. The molecular formula is C13H11IO4S2. The summed E-state index contributed by atoms with van der Waals surface area (Å²) in [6.45, 7) is 0. The first-order valence-corrected chi connectivity index (χ1v) is 9.92. The SMILES string of the molecule is O=S(=O)(c1ccccc1)C(I)S(=O)(=O)c1ccccc1. The van der Waals surface area contributed by atoms with Crippen LogP contribution in [0.1, 0.15) is 0 Å². The summed E-state index contributed by atoms with van der Waals surface area (Å²) in [5, 5.41) is 0. The van der Waals surface area contributed by atoms with Crippen molar-refractivity contribution in [2.24, 2.45) is 0 Å². The van der Waals surface area contributed by atoms with Crippen molar-refractivity contribution in [3.8, 4) is 0 Å². The minimum Gasteiger partial charge on any atom is -0.221 e. The number of hydrogen-bond acceptors (Lipinski definition) is 4. The van der Waals surface area contributed by atoms with Gasteiger partial charge in [-0.25, -0.2) is 16.8 Å². The molecule has 0 N–H and O–H groups in total. The molecule has 0 aliphatic rings. The lowest BCUT2D eigenvalue weighted by molar-refractivity contribution is 0.587. The van der Waals surface area contributed by atoms with Gasteiger partial charge in [-0.2, -0.15) is 0 Å². The van der Waals surface area contributed by atoms with Crippen LogP contribution in [0.15, 0.2) is 70.5 Å². The molecule has 0 aliphatic heterocycles. The minimum atomic E-state index is -3.95. The third-order valence-electron chi connectivity index (χ3n) is 2.63. The molecule has 0 saturated heterocycles. The van der Waals surface area contributed by atoms with Gasteiger partial charge in [-0.3, -0.25) is 0 Å². The maximum Gasteiger partial charge on any atom is 0.222 e. The van der Waals surface area contributed by atoms with Crippen LogP contribution in [0.3, 0.4) is 0 Å². The van der Waals surface area contributed by atoms with Crippen LogP contribution in [-0.4, -0.2) is 19.4 Å². The topological polar surface area (TPSA) is 68.3 Å². The van der Waals surface area contributed by atoms with Crippen LogP contribution in [0.2, 0.25) is 0 Å². The molecule has 0 unspecified atom stereocenters. The van der Waals surface area contributed by atoms with Crippen LogP contribution >= 0.6 is 22.6 Å². The first-order valence-electron chi connectivity index (χ1n) is 5.59. The second-order valence-corrected chi connectivity index (χ2v) is 11.3. The predicted octanol–water partition coefficient (Wildman–Crippen LogP) is 2.65. The Labute approximate surface area is 131 Å². The van der Waals surface area contributed by atoms with E-state index < -0.39 is 22.3 Å². The van der Waals surface area contributed by atoms with E-state index in [1.54, 1.807) is 36.4 Å². The standard InChI is InChI=1S/C13H11IO4S2/c14-13(19(15,16)11-7-3-1-4-8-11)20(17,18)12-9-5-2-6-10-12/h1-10,13H. The fraction of sp³-hybridized carbons (Fsp3) is 0.0769. The monoisotopic (exact) mass is 422 g/mol. The number of hydrogen-bond donors (Lipinski definition) is 0. The van der Waals surface area contributed by atoms with Crippen molar-refractivity contribution in [2.75, 3.05) is 0 Å². The molecule has 0 aromatic heterocycles. The van der Waals surface area contributed by atoms with Crippen LogP contribution < -0.4 is 0 Å². The molecule has 0 fully saturated rings. The Morgan fingerprint density at radius 3 is 1.25 bits per heavy atom. The molecule has 20 heavy (non-hydrogen) atoms. The normalized spacial score (nSPS) is 12.5. The minimum absolute atomic E-state index is 0.00101. The molecule has 2 aromatic carbocycles. The lowest BCUT2D eigenvalue weighted by atomic mass is 10.4. The van der Waals surface area contributed by atoms with Crippen molar-refractivity contribution in [3.05, 3.63) is 60.7 Å². The molecule has 0 saturated carbocycles. The van der Waals surface area contributed by atoms with Gasteiger partial charge in [0, 0.05) is 0 Å². The van der Waals surface area contributed by atoms with Crippen molar-refractivity contribution in [1.29, 1.82) is 0 Å². The van der Waals surface area contributed by atoms with Gasteiger partial charge in [0.15, 0.2) is 0 Å². The van der Waals surface area contributed by atoms with E-state index in [4.69, 9.17) is 0 Å². The number of alkyl halides is 1. The number of sulfone groups is 2. The summed E-state index contributed by atoms with van der Waals surface area (Å²) in [6.07, 6.45) is 0. The van der Waals surface area contributed by atoms with Crippen LogP contribution in [0.25, 0.3) is 0 Å². The maximum absolute atomic E-state index is 12.4. The summed E-state index contributed by atoms with van der Waals surface area (Å²) in [5.74, 6) is 0. The zero-order chi connectivity index (χ0) is 14.8. The second kappa shape index (κ2) is 5.82. The van der Waals surface area contributed by atoms with Crippen molar-refractivity contribution < 1.29 is 16.8 Å². The smallest absolute Gasteiger partial charge is 0.221 e. The van der Waals surface area contributed by atoms with Gasteiger partial charge < -0.3 is 0 Å². The Balaban J connectivity index is 2.49. The van der Waals surface area contributed by atoms with E-state index in [2.05, 4.69) is 0 Å². The van der Waals surface area contributed by atoms with Gasteiger partial charge >= 0.3 is 0 Å². The lowest BCUT2D eigenvalue weighted by Gasteiger charge is -2.12. The zero-order valence-corrected chi connectivity index (χ0v) is 14.0. The molecule has 0 amide bonds. The van der Waals surface area contributed by atoms with Gasteiger partial charge in [-0.1, -0.05) is 36.4 Å². The third kappa shape index (κ3) is 2.89. The van der Waals surface area contributed by atoms with Gasteiger partial charge in [0.25, 0.3) is 0 Å². The van der Waals surface area contributed by atoms with Gasteiger partial charge in [0.2, 0.25) is 22.3 Å². The van der Waals surface area contributed by atoms with Crippen LogP contribution in [-0.2, 0) is 19.7 Å². The Morgan fingerprint density at radius 2 is 0.950 bits per heavy atom. The van der Waals surface area contributed by atoms with E-state index in [9.17, 15) is 16.8 Å². The quantitative estimate of drug-likeness (QED) is 0.561. The molecule has 0 aliphatic carbocycles. The van der Waals surface area contributed by atoms with E-state index >= 15 is 0 Å². The molecule has 0 bridgehead atoms. The summed E-state index contributed by atoms with van der Waals surface area (Å²) in [5.41, 5.74) is 0. The fourth-order valence-electron chi connectivity index (χ4n) is 1.60. The van der Waals surface area contributed by atoms with Gasteiger partial charge in [0.1, 0.15) is 0 Å². The number of halogens is 1. The molecule has 7 heteroatoms. The van der Waals surface area contributed by atoms with Gasteiger partial charge in [-0.05, 0) is 46.9 Å². The molecule has 4 nitrogen and oxygen atoms in total. The van der Waals surface area contributed by atoms with Crippen LogP contribution in [0.4, 0.5) is 0 Å². The van der Waals surface area contributed by atoms with E-state index in [1.807, 2.05) is 0 Å². The summed E-state index contributed by atoms with van der Waals surface area (Å²) in [4.78, 5) is -0.00203. The molecule has 0 radical (unpaired) electrons. The highest BCUT2D eigenvalue weighted by molar-refractivity contribution is 14.1. The average Bonchev–Trinajstić information content (AvgIpc) is 2.48. The van der Waals surface area contributed by atoms with Gasteiger partial charge in [0.05, 0.1) is 9.79 Å². The number of rotatable bonds is 4. The Kier molecular flexibility index (Phi) is 4.50. The van der Waals surface area contributed by atoms with Crippen LogP contribution in [0, 0.1) is 0 Å². The highest BCUT2D eigenvalue weighted by Crippen LogP contribution is 2.29. The maximum atomic E-state index is 12.4. The van der Waals surface area contributed by atoms with E-state index in [-0.39, 0.29) is 9.79 Å². The van der Waals surface area contributed by atoms with E-state index in [1.165, 1.54) is 46.9 Å². The van der Waals surface area contributed by atoms with Crippen molar-refractivity contribution >= 4 is 42.3 Å². The van der Waals surface area contributed by atoms with E-state index in [0.29, 0.717) is 0 Å². The largest absolute Gasteiger partial charge is 0.222 e. The fourth-order valence-corrected chi connectivity index (χ4v) is 6.86.